The van der Waals surface area contributed by atoms with Crippen molar-refractivity contribution >= 4 is 10.8 Å². The van der Waals surface area contributed by atoms with E-state index in [0.29, 0.717) is 6.61 Å². The third kappa shape index (κ3) is 3.20. The van der Waals surface area contributed by atoms with E-state index in [-0.39, 0.29) is 5.41 Å². The Bertz CT molecular complexity index is 852. The van der Waals surface area contributed by atoms with Crippen LogP contribution in [0.5, 0.6) is 0 Å². The maximum Gasteiger partial charge on any atom is 0.131 e. The van der Waals surface area contributed by atoms with E-state index in [4.69, 9.17) is 9.78 Å². The molecule has 0 spiro atoms. The minimum Gasteiger partial charge on any atom is -0.337 e. The van der Waals surface area contributed by atoms with Crippen LogP contribution >= 0.6 is 0 Å². The molecular formula is C21H24N2O2. The molecule has 2 aromatic carbocycles. The second-order valence-corrected chi connectivity index (χ2v) is 7.76. The Balaban J connectivity index is 1.79. The van der Waals surface area contributed by atoms with Gasteiger partial charge in [-0.1, -0.05) is 56.3 Å². The van der Waals surface area contributed by atoms with E-state index in [2.05, 4.69) is 65.9 Å². The highest BCUT2D eigenvalue weighted by molar-refractivity contribution is 5.86. The first-order valence-electron chi connectivity index (χ1n) is 8.83. The van der Waals surface area contributed by atoms with Gasteiger partial charge in [-0.25, -0.2) is 14.8 Å². The van der Waals surface area contributed by atoms with Gasteiger partial charge in [-0.15, -0.1) is 0 Å². The molecule has 130 valence electrons. The van der Waals surface area contributed by atoms with E-state index >= 15 is 0 Å². The van der Waals surface area contributed by atoms with Crippen molar-refractivity contribution in [3.8, 4) is 0 Å². The van der Waals surface area contributed by atoms with Crippen LogP contribution in [0.15, 0.2) is 61.2 Å². The molecule has 1 fully saturated rings. The summed E-state index contributed by atoms with van der Waals surface area (Å²) in [6, 6.07) is 14.9. The monoisotopic (exact) mass is 336 g/mol. The highest BCUT2D eigenvalue weighted by Gasteiger charge is 2.45. The third-order valence-corrected chi connectivity index (χ3v) is 5.05. The van der Waals surface area contributed by atoms with Crippen molar-refractivity contribution in [2.75, 3.05) is 6.61 Å². The van der Waals surface area contributed by atoms with Gasteiger partial charge >= 0.3 is 0 Å². The van der Waals surface area contributed by atoms with Crippen molar-refractivity contribution in [3.63, 3.8) is 0 Å². The molecule has 4 heteroatoms. The first-order valence-corrected chi connectivity index (χ1v) is 8.83. The Morgan fingerprint density at radius 2 is 1.96 bits per heavy atom. The molecule has 0 bridgehead atoms. The molecule has 3 aromatic rings. The van der Waals surface area contributed by atoms with Crippen LogP contribution in [0.2, 0.25) is 0 Å². The number of fused-ring (bicyclic) bond motifs is 1. The molecular weight excluding hydrogens is 312 g/mol. The Morgan fingerprint density at radius 3 is 2.76 bits per heavy atom. The standard InChI is InChI=1S/C21H24N2O2/c1-20(2)14-21(25-24-15-20,10-12-23-13-11-22-16-23)19-9-5-7-17-6-3-4-8-18(17)19/h3-9,11,13,16H,10,12,14-15H2,1-2H3. The van der Waals surface area contributed by atoms with E-state index in [0.717, 1.165) is 19.4 Å². The number of rotatable bonds is 4. The number of benzene rings is 2. The van der Waals surface area contributed by atoms with E-state index in [9.17, 15) is 0 Å². The number of hydrogen-bond acceptors (Lipinski definition) is 3. The lowest BCUT2D eigenvalue weighted by atomic mass is 9.74. The van der Waals surface area contributed by atoms with Crippen molar-refractivity contribution in [1.29, 1.82) is 0 Å². The fourth-order valence-corrected chi connectivity index (χ4v) is 3.91. The molecule has 1 saturated heterocycles. The number of imidazole rings is 1. The fraction of sp³-hybridized carbons (Fsp3) is 0.381. The number of hydrogen-bond donors (Lipinski definition) is 0. The zero-order valence-electron chi connectivity index (χ0n) is 14.8. The van der Waals surface area contributed by atoms with Crippen LogP contribution in [0.25, 0.3) is 10.8 Å². The number of aryl methyl sites for hydroxylation is 1. The zero-order valence-corrected chi connectivity index (χ0v) is 14.8. The molecule has 1 atom stereocenters. The van der Waals surface area contributed by atoms with Crippen LogP contribution in [-0.2, 0) is 21.9 Å². The van der Waals surface area contributed by atoms with Crippen molar-refractivity contribution in [3.05, 3.63) is 66.7 Å². The second-order valence-electron chi connectivity index (χ2n) is 7.76. The Hall–Kier alpha value is -2.17. The van der Waals surface area contributed by atoms with Crippen LogP contribution in [0.3, 0.4) is 0 Å². The van der Waals surface area contributed by atoms with Crippen LogP contribution in [0, 0.1) is 5.41 Å². The average Bonchev–Trinajstić information content (AvgIpc) is 3.12. The summed E-state index contributed by atoms with van der Waals surface area (Å²) in [5.41, 5.74) is 0.801. The van der Waals surface area contributed by atoms with Gasteiger partial charge in [0.25, 0.3) is 0 Å². The molecule has 2 heterocycles. The normalized spacial score (nSPS) is 23.0. The molecule has 1 unspecified atom stereocenters. The molecule has 0 radical (unpaired) electrons. The molecule has 0 amide bonds. The van der Waals surface area contributed by atoms with E-state index in [1.807, 2.05) is 18.7 Å². The zero-order chi connectivity index (χ0) is 17.3. The lowest BCUT2D eigenvalue weighted by Crippen LogP contribution is -2.43. The Kier molecular flexibility index (Phi) is 4.10. The van der Waals surface area contributed by atoms with E-state index in [1.165, 1.54) is 16.3 Å². The topological polar surface area (TPSA) is 36.3 Å². The quantitative estimate of drug-likeness (QED) is 0.648. The average molecular weight is 336 g/mol. The summed E-state index contributed by atoms with van der Waals surface area (Å²) in [5.74, 6) is 0. The van der Waals surface area contributed by atoms with Crippen LogP contribution < -0.4 is 0 Å². The molecule has 4 nitrogen and oxygen atoms in total. The minimum absolute atomic E-state index is 0.0597. The summed E-state index contributed by atoms with van der Waals surface area (Å²) < 4.78 is 2.10. The first kappa shape index (κ1) is 16.3. The van der Waals surface area contributed by atoms with Crippen LogP contribution in [-0.4, -0.2) is 16.2 Å². The Morgan fingerprint density at radius 1 is 1.12 bits per heavy atom. The largest absolute Gasteiger partial charge is 0.337 e. The lowest BCUT2D eigenvalue weighted by molar-refractivity contribution is -0.412. The smallest absolute Gasteiger partial charge is 0.131 e. The highest BCUT2D eigenvalue weighted by Crippen LogP contribution is 2.46. The van der Waals surface area contributed by atoms with Gasteiger partial charge < -0.3 is 4.57 Å². The molecule has 1 aliphatic rings. The van der Waals surface area contributed by atoms with Gasteiger partial charge in [0.15, 0.2) is 0 Å². The van der Waals surface area contributed by atoms with Crippen molar-refractivity contribution in [2.24, 2.45) is 5.41 Å². The second kappa shape index (κ2) is 6.28. The molecule has 1 aromatic heterocycles. The molecule has 0 saturated carbocycles. The van der Waals surface area contributed by atoms with Crippen molar-refractivity contribution in [2.45, 2.75) is 38.8 Å². The summed E-state index contributed by atoms with van der Waals surface area (Å²) in [6.45, 7) is 5.94. The van der Waals surface area contributed by atoms with Crippen LogP contribution in [0.1, 0.15) is 32.3 Å². The third-order valence-electron chi connectivity index (χ3n) is 5.05. The van der Waals surface area contributed by atoms with Gasteiger partial charge in [-0.3, -0.25) is 0 Å². The van der Waals surface area contributed by atoms with Gasteiger partial charge in [0.05, 0.1) is 12.9 Å². The van der Waals surface area contributed by atoms with Crippen molar-refractivity contribution in [1.82, 2.24) is 9.55 Å². The maximum absolute atomic E-state index is 6.06. The lowest BCUT2D eigenvalue weighted by Gasteiger charge is -2.44. The summed E-state index contributed by atoms with van der Waals surface area (Å²) in [7, 11) is 0. The SMILES string of the molecule is CC1(C)COOC(CCn2ccnc2)(c2cccc3ccccc23)C1. The fourth-order valence-electron chi connectivity index (χ4n) is 3.91. The number of nitrogens with zero attached hydrogens (tertiary/aromatic N) is 2. The highest BCUT2D eigenvalue weighted by atomic mass is 17.2. The van der Waals surface area contributed by atoms with Crippen LogP contribution in [0.4, 0.5) is 0 Å². The summed E-state index contributed by atoms with van der Waals surface area (Å²) in [5, 5.41) is 2.46. The van der Waals surface area contributed by atoms with Gasteiger partial charge in [0, 0.05) is 25.4 Å². The van der Waals surface area contributed by atoms with E-state index in [1.54, 1.807) is 0 Å². The van der Waals surface area contributed by atoms with Gasteiger partial charge in [-0.2, -0.15) is 0 Å². The predicted molar refractivity (Wildman–Crippen MR) is 97.9 cm³/mol. The molecule has 0 N–H and O–H groups in total. The molecule has 25 heavy (non-hydrogen) atoms. The predicted octanol–water partition coefficient (Wildman–Crippen LogP) is 4.70. The minimum atomic E-state index is -0.465. The summed E-state index contributed by atoms with van der Waals surface area (Å²) in [6.07, 6.45) is 7.41. The van der Waals surface area contributed by atoms with Crippen molar-refractivity contribution < 1.29 is 9.78 Å². The Labute approximate surface area is 148 Å². The van der Waals surface area contributed by atoms with Gasteiger partial charge in [-0.05, 0) is 28.2 Å². The molecule has 1 aliphatic heterocycles. The van der Waals surface area contributed by atoms with E-state index < -0.39 is 5.60 Å². The first-order chi connectivity index (χ1) is 12.1. The number of aromatic nitrogens is 2. The van der Waals surface area contributed by atoms with Gasteiger partial charge in [0.2, 0.25) is 0 Å². The summed E-state index contributed by atoms with van der Waals surface area (Å²) >= 11 is 0. The molecule has 0 aliphatic carbocycles. The van der Waals surface area contributed by atoms with Gasteiger partial charge in [0.1, 0.15) is 5.60 Å². The summed E-state index contributed by atoms with van der Waals surface area (Å²) in [4.78, 5) is 15.9. The maximum atomic E-state index is 6.06. The molecule has 4 rings (SSSR count).